The van der Waals surface area contributed by atoms with Crippen LogP contribution in [0.25, 0.3) is 0 Å². The fourth-order valence-electron chi connectivity index (χ4n) is 2.66. The van der Waals surface area contributed by atoms with Crippen molar-refractivity contribution in [2.24, 2.45) is 4.40 Å². The smallest absolute Gasteiger partial charge is 0.284 e. The average Bonchev–Trinajstić information content (AvgIpc) is 2.98. The number of para-hydroxylation sites is 1. The van der Waals surface area contributed by atoms with Crippen LogP contribution in [0.15, 0.2) is 82.6 Å². The number of sulfonamides is 1. The number of carbonyl (C=O) groups excluding carboxylic acids is 2. The Morgan fingerprint density at radius 3 is 2.38 bits per heavy atom. The SMILES string of the molecule is C=CCN1C(=O)[C@H](CC(=O)Nc2ccccc2)SC1=NS(=O)(=O)c1ccccc1. The lowest BCUT2D eigenvalue weighted by atomic mass is 10.2. The summed E-state index contributed by atoms with van der Waals surface area (Å²) in [6.45, 7) is 3.71. The fraction of sp³-hybridized carbons (Fsp3) is 0.150. The minimum absolute atomic E-state index is 0.0318. The van der Waals surface area contributed by atoms with Gasteiger partial charge in [0, 0.05) is 18.7 Å². The van der Waals surface area contributed by atoms with Gasteiger partial charge in [-0.1, -0.05) is 54.2 Å². The number of thioether (sulfide) groups is 1. The van der Waals surface area contributed by atoms with E-state index in [1.165, 1.54) is 23.1 Å². The second-order valence-corrected chi connectivity index (χ2v) is 8.90. The van der Waals surface area contributed by atoms with Crippen molar-refractivity contribution in [3.8, 4) is 0 Å². The van der Waals surface area contributed by atoms with E-state index in [1.807, 2.05) is 6.07 Å². The van der Waals surface area contributed by atoms with Gasteiger partial charge in [-0.05, 0) is 24.3 Å². The predicted molar refractivity (Wildman–Crippen MR) is 114 cm³/mol. The molecule has 0 spiro atoms. The molecule has 1 heterocycles. The Bertz CT molecular complexity index is 1040. The zero-order chi connectivity index (χ0) is 20.9. The van der Waals surface area contributed by atoms with Crippen molar-refractivity contribution in [3.63, 3.8) is 0 Å². The molecule has 2 aromatic rings. The molecule has 1 N–H and O–H groups in total. The summed E-state index contributed by atoms with van der Waals surface area (Å²) in [6.07, 6.45) is 1.38. The summed E-state index contributed by atoms with van der Waals surface area (Å²) in [4.78, 5) is 26.3. The molecule has 1 fully saturated rings. The van der Waals surface area contributed by atoms with Crippen LogP contribution < -0.4 is 5.32 Å². The Balaban J connectivity index is 1.79. The normalized spacial score (nSPS) is 18.1. The lowest BCUT2D eigenvalue weighted by molar-refractivity contribution is -0.127. The molecular weight excluding hydrogens is 410 g/mol. The number of amidine groups is 1. The number of amides is 2. The summed E-state index contributed by atoms with van der Waals surface area (Å²) in [5.41, 5.74) is 0.622. The minimum atomic E-state index is -3.98. The third-order valence-corrected chi connectivity index (χ3v) is 6.57. The molecule has 1 atom stereocenters. The van der Waals surface area contributed by atoms with Crippen LogP contribution in [-0.4, -0.2) is 42.1 Å². The summed E-state index contributed by atoms with van der Waals surface area (Å²) in [7, 11) is -3.98. The lowest BCUT2D eigenvalue weighted by Gasteiger charge is -2.13. The number of rotatable bonds is 7. The summed E-state index contributed by atoms with van der Waals surface area (Å²) >= 11 is 0.966. The van der Waals surface area contributed by atoms with Crippen LogP contribution in [0.1, 0.15) is 6.42 Å². The monoisotopic (exact) mass is 429 g/mol. The van der Waals surface area contributed by atoms with Gasteiger partial charge in [0.2, 0.25) is 11.8 Å². The molecule has 29 heavy (non-hydrogen) atoms. The van der Waals surface area contributed by atoms with E-state index in [0.717, 1.165) is 11.8 Å². The molecule has 0 radical (unpaired) electrons. The first-order valence-corrected chi connectivity index (χ1v) is 11.1. The molecule has 2 aromatic carbocycles. The highest BCUT2D eigenvalue weighted by Crippen LogP contribution is 2.31. The van der Waals surface area contributed by atoms with Crippen molar-refractivity contribution in [3.05, 3.63) is 73.3 Å². The second-order valence-electron chi connectivity index (χ2n) is 6.12. The third kappa shape index (κ3) is 5.12. The molecule has 0 bridgehead atoms. The maximum atomic E-state index is 12.7. The van der Waals surface area contributed by atoms with E-state index in [4.69, 9.17) is 0 Å². The first kappa shape index (κ1) is 20.8. The van der Waals surface area contributed by atoms with Gasteiger partial charge in [0.1, 0.15) is 5.25 Å². The van der Waals surface area contributed by atoms with Crippen LogP contribution in [0, 0.1) is 0 Å². The summed E-state index contributed by atoms with van der Waals surface area (Å²) in [6, 6.07) is 16.6. The fourth-order valence-corrected chi connectivity index (χ4v) is 5.04. The van der Waals surface area contributed by atoms with E-state index in [-0.39, 0.29) is 34.8 Å². The third-order valence-electron chi connectivity index (χ3n) is 4.00. The maximum absolute atomic E-state index is 12.7. The molecule has 7 nitrogen and oxygen atoms in total. The van der Waals surface area contributed by atoms with Gasteiger partial charge in [-0.25, -0.2) is 0 Å². The first-order chi connectivity index (χ1) is 13.9. The molecule has 1 aliphatic heterocycles. The zero-order valence-electron chi connectivity index (χ0n) is 15.4. The Labute approximate surface area is 173 Å². The molecule has 0 unspecified atom stereocenters. The Hall–Kier alpha value is -2.91. The average molecular weight is 430 g/mol. The number of hydrogen-bond donors (Lipinski definition) is 1. The number of nitrogens with one attached hydrogen (secondary N) is 1. The summed E-state index contributed by atoms with van der Waals surface area (Å²) in [5, 5.41) is 2.00. The quantitative estimate of drug-likeness (QED) is 0.683. The van der Waals surface area contributed by atoms with Gasteiger partial charge in [-0.2, -0.15) is 8.42 Å². The van der Waals surface area contributed by atoms with Crippen molar-refractivity contribution in [2.45, 2.75) is 16.6 Å². The van der Waals surface area contributed by atoms with Crippen molar-refractivity contribution >= 4 is 44.5 Å². The van der Waals surface area contributed by atoms with Crippen molar-refractivity contribution in [1.82, 2.24) is 4.90 Å². The summed E-state index contributed by atoms with van der Waals surface area (Å²) < 4.78 is 29.0. The van der Waals surface area contributed by atoms with E-state index in [2.05, 4.69) is 16.3 Å². The molecule has 0 aromatic heterocycles. The molecule has 0 aliphatic carbocycles. The van der Waals surface area contributed by atoms with Gasteiger partial charge >= 0.3 is 0 Å². The van der Waals surface area contributed by atoms with Crippen molar-refractivity contribution < 1.29 is 18.0 Å². The van der Waals surface area contributed by atoms with E-state index >= 15 is 0 Å². The minimum Gasteiger partial charge on any atom is -0.326 e. The van der Waals surface area contributed by atoms with Crippen LogP contribution >= 0.6 is 11.8 Å². The highest BCUT2D eigenvalue weighted by molar-refractivity contribution is 8.16. The van der Waals surface area contributed by atoms with Crippen LogP contribution in [0.2, 0.25) is 0 Å². The molecule has 150 valence electrons. The highest BCUT2D eigenvalue weighted by Gasteiger charge is 2.39. The van der Waals surface area contributed by atoms with Gasteiger partial charge in [0.05, 0.1) is 4.90 Å². The van der Waals surface area contributed by atoms with Gasteiger partial charge in [-0.15, -0.1) is 11.0 Å². The molecule has 0 saturated carbocycles. The van der Waals surface area contributed by atoms with Crippen LogP contribution in [0.4, 0.5) is 5.69 Å². The molecule has 3 rings (SSSR count). The topological polar surface area (TPSA) is 95.9 Å². The molecule has 1 saturated heterocycles. The van der Waals surface area contributed by atoms with Crippen molar-refractivity contribution in [1.29, 1.82) is 0 Å². The van der Waals surface area contributed by atoms with Crippen LogP contribution in [0.3, 0.4) is 0 Å². The molecule has 9 heteroatoms. The van der Waals surface area contributed by atoms with Gasteiger partial charge in [0.25, 0.3) is 10.0 Å². The van der Waals surface area contributed by atoms with Crippen LogP contribution in [0.5, 0.6) is 0 Å². The maximum Gasteiger partial charge on any atom is 0.284 e. The number of hydrogen-bond acceptors (Lipinski definition) is 5. The largest absolute Gasteiger partial charge is 0.326 e. The van der Waals surface area contributed by atoms with E-state index in [1.54, 1.807) is 42.5 Å². The van der Waals surface area contributed by atoms with Gasteiger partial charge in [-0.3, -0.25) is 14.5 Å². The number of carbonyl (C=O) groups is 2. The molecule has 1 aliphatic rings. The Kier molecular flexibility index (Phi) is 6.50. The van der Waals surface area contributed by atoms with Gasteiger partial charge in [0.15, 0.2) is 5.17 Å². The number of benzene rings is 2. The van der Waals surface area contributed by atoms with E-state index in [0.29, 0.717) is 5.69 Å². The predicted octanol–water partition coefficient (Wildman–Crippen LogP) is 2.89. The Morgan fingerprint density at radius 2 is 1.76 bits per heavy atom. The van der Waals surface area contributed by atoms with E-state index in [9.17, 15) is 18.0 Å². The zero-order valence-corrected chi connectivity index (χ0v) is 17.0. The number of anilines is 1. The highest BCUT2D eigenvalue weighted by atomic mass is 32.2. The standard InChI is InChI=1S/C20H19N3O4S2/c1-2-13-23-19(25)17(14-18(24)21-15-9-5-3-6-10-15)28-20(23)22-29(26,27)16-11-7-4-8-12-16/h2-12,17H,1,13-14H2,(H,21,24)/t17-/m0/s1. The lowest BCUT2D eigenvalue weighted by Crippen LogP contribution is -2.33. The first-order valence-electron chi connectivity index (χ1n) is 8.74. The van der Waals surface area contributed by atoms with Crippen molar-refractivity contribution in [2.75, 3.05) is 11.9 Å². The summed E-state index contributed by atoms with van der Waals surface area (Å²) in [5.74, 6) is -0.715. The molecule has 2 amide bonds. The van der Waals surface area contributed by atoms with Crippen LogP contribution in [-0.2, 0) is 19.6 Å². The molecular formula is C20H19N3O4S2. The Morgan fingerprint density at radius 1 is 1.14 bits per heavy atom. The van der Waals surface area contributed by atoms with E-state index < -0.39 is 15.3 Å². The van der Waals surface area contributed by atoms with Gasteiger partial charge < -0.3 is 5.32 Å². The second kappa shape index (κ2) is 9.06. The number of nitrogens with zero attached hydrogens (tertiary/aromatic N) is 2.